The smallest absolute Gasteiger partial charge is 0.387 e. The first-order valence-corrected chi connectivity index (χ1v) is 10.8. The molecule has 5 rings (SSSR count). The number of carbonyl (C=O) groups excluding carboxylic acids is 1. The molecule has 0 spiro atoms. The summed E-state index contributed by atoms with van der Waals surface area (Å²) in [5.74, 6) is 0.0200. The Hall–Kier alpha value is -3.50. The minimum Gasteiger partial charge on any atom is -0.435 e. The average Bonchev–Trinajstić information content (AvgIpc) is 3.43. The van der Waals surface area contributed by atoms with Gasteiger partial charge in [-0.3, -0.25) is 15.3 Å². The van der Waals surface area contributed by atoms with Gasteiger partial charge in [0.05, 0.1) is 29.3 Å². The summed E-state index contributed by atoms with van der Waals surface area (Å²) in [4.78, 5) is 20.1. The van der Waals surface area contributed by atoms with E-state index in [-0.39, 0.29) is 11.8 Å². The van der Waals surface area contributed by atoms with Gasteiger partial charge in [-0.1, -0.05) is 15.9 Å². The van der Waals surface area contributed by atoms with Crippen LogP contribution in [0.2, 0.25) is 0 Å². The minimum absolute atomic E-state index is 0.0200. The molecule has 0 amide bonds. The molecule has 0 radical (unpaired) electrons. The zero-order valence-corrected chi connectivity index (χ0v) is 18.5. The second kappa shape index (κ2) is 8.80. The number of halogens is 3. The summed E-state index contributed by atoms with van der Waals surface area (Å²) in [5.41, 5.74) is 4.92. The highest BCUT2D eigenvalue weighted by Crippen LogP contribution is 2.36. The third-order valence-electron chi connectivity index (χ3n) is 5.30. The van der Waals surface area contributed by atoms with E-state index < -0.39 is 6.61 Å². The van der Waals surface area contributed by atoms with Crippen LogP contribution in [0.4, 0.5) is 8.78 Å². The zero-order chi connectivity index (χ0) is 22.9. The fraction of sp³-hybridized carbons (Fsp3) is 0.130. The lowest BCUT2D eigenvalue weighted by atomic mass is 10.0. The number of rotatable bonds is 6. The van der Waals surface area contributed by atoms with Gasteiger partial charge in [-0.25, -0.2) is 4.68 Å². The van der Waals surface area contributed by atoms with E-state index in [1.54, 1.807) is 35.4 Å². The van der Waals surface area contributed by atoms with Crippen molar-refractivity contribution >= 4 is 22.2 Å². The van der Waals surface area contributed by atoms with Crippen LogP contribution < -0.4 is 10.1 Å². The van der Waals surface area contributed by atoms with Crippen molar-refractivity contribution < 1.29 is 18.3 Å². The second-order valence-corrected chi connectivity index (χ2v) is 8.23. The Morgan fingerprint density at radius 1 is 1.21 bits per heavy atom. The van der Waals surface area contributed by atoms with Crippen molar-refractivity contribution in [1.29, 1.82) is 0 Å². The summed E-state index contributed by atoms with van der Waals surface area (Å²) >= 11 is 3.37. The van der Waals surface area contributed by atoms with Gasteiger partial charge >= 0.3 is 6.61 Å². The minimum atomic E-state index is -2.94. The third kappa shape index (κ3) is 4.14. The Morgan fingerprint density at radius 2 is 2.09 bits per heavy atom. The fourth-order valence-electron chi connectivity index (χ4n) is 3.91. The predicted octanol–water partition coefficient (Wildman–Crippen LogP) is 4.70. The number of aldehydes is 1. The number of hydrogen-bond donors (Lipinski definition) is 1. The second-order valence-electron chi connectivity index (χ2n) is 7.31. The molecule has 1 aliphatic rings. The number of hydrogen-bond acceptors (Lipinski definition) is 6. The molecular formula is C23H16BrF2N5O2. The number of carbonyl (C=O) groups is 1. The van der Waals surface area contributed by atoms with Crippen LogP contribution >= 0.6 is 15.9 Å². The molecule has 1 unspecified atom stereocenters. The van der Waals surface area contributed by atoms with Crippen molar-refractivity contribution in [3.05, 3.63) is 76.7 Å². The summed E-state index contributed by atoms with van der Waals surface area (Å²) in [5, 5.41) is 7.92. The quantitative estimate of drug-likeness (QED) is 0.377. The van der Waals surface area contributed by atoms with Crippen LogP contribution in [0.25, 0.3) is 28.3 Å². The molecule has 0 bridgehead atoms. The number of nitrogens with one attached hydrogen (secondary N) is 1. The average molecular weight is 512 g/mol. The maximum Gasteiger partial charge on any atom is 0.387 e. The Labute approximate surface area is 195 Å². The van der Waals surface area contributed by atoms with Gasteiger partial charge in [0, 0.05) is 29.0 Å². The topological polar surface area (TPSA) is 81.9 Å². The lowest BCUT2D eigenvalue weighted by molar-refractivity contribution is -0.109. The first-order valence-electron chi connectivity index (χ1n) is 9.96. The van der Waals surface area contributed by atoms with Crippen molar-refractivity contribution in [2.24, 2.45) is 0 Å². The van der Waals surface area contributed by atoms with E-state index in [4.69, 9.17) is 5.10 Å². The summed E-state index contributed by atoms with van der Waals surface area (Å²) in [6, 6.07) is 11.7. The summed E-state index contributed by atoms with van der Waals surface area (Å²) in [6.07, 6.45) is 5.81. The molecule has 1 aromatic carbocycles. The standard InChI is InChI=1S/C23H16BrF2N5O2/c24-14-6-13(7-16(8-14)33-23(25)26)21-9-19(30-31(21)15-2-1-4-27-10-15)22-18-11-29-20(12-32)17(18)3-5-28-22/h1-10,12,20,23,29H,11H2. The Morgan fingerprint density at radius 3 is 2.85 bits per heavy atom. The predicted molar refractivity (Wildman–Crippen MR) is 120 cm³/mol. The normalized spacial score (nSPS) is 15.0. The van der Waals surface area contributed by atoms with Gasteiger partial charge in [0.25, 0.3) is 0 Å². The van der Waals surface area contributed by atoms with E-state index in [0.29, 0.717) is 39.4 Å². The van der Waals surface area contributed by atoms with Gasteiger partial charge in [0.2, 0.25) is 0 Å². The molecule has 4 heterocycles. The maximum atomic E-state index is 12.8. The Balaban J connectivity index is 1.69. The third-order valence-corrected chi connectivity index (χ3v) is 5.75. The van der Waals surface area contributed by atoms with E-state index in [2.05, 4.69) is 36.0 Å². The van der Waals surface area contributed by atoms with E-state index in [1.165, 1.54) is 12.1 Å². The lowest BCUT2D eigenvalue weighted by Crippen LogP contribution is -2.12. The molecule has 0 saturated carbocycles. The van der Waals surface area contributed by atoms with Crippen molar-refractivity contribution in [3.63, 3.8) is 0 Å². The summed E-state index contributed by atoms with van der Waals surface area (Å²) < 4.78 is 32.6. The Bertz CT molecular complexity index is 1330. The number of pyridine rings is 2. The zero-order valence-electron chi connectivity index (χ0n) is 17.0. The molecule has 3 aromatic heterocycles. The number of alkyl halides is 2. The molecular weight excluding hydrogens is 496 g/mol. The molecule has 33 heavy (non-hydrogen) atoms. The number of benzene rings is 1. The van der Waals surface area contributed by atoms with Gasteiger partial charge in [0.15, 0.2) is 0 Å². The largest absolute Gasteiger partial charge is 0.435 e. The highest BCUT2D eigenvalue weighted by atomic mass is 79.9. The first kappa shape index (κ1) is 21.4. The molecule has 0 saturated heterocycles. The highest BCUT2D eigenvalue weighted by Gasteiger charge is 2.26. The molecule has 7 nitrogen and oxygen atoms in total. The molecule has 1 N–H and O–H groups in total. The van der Waals surface area contributed by atoms with Crippen molar-refractivity contribution in [1.82, 2.24) is 25.1 Å². The molecule has 10 heteroatoms. The number of nitrogens with zero attached hydrogens (tertiary/aromatic N) is 4. The van der Waals surface area contributed by atoms with E-state index >= 15 is 0 Å². The first-order chi connectivity index (χ1) is 16.0. The van der Waals surface area contributed by atoms with Crippen LogP contribution in [0.3, 0.4) is 0 Å². The Kier molecular flexibility index (Phi) is 5.69. The SMILES string of the molecule is O=CC1NCc2c1ccnc2-c1cc(-c2cc(Br)cc(OC(F)F)c2)n(-c2cccnc2)n1. The number of ether oxygens (including phenoxy) is 1. The van der Waals surface area contributed by atoms with Gasteiger partial charge in [-0.2, -0.15) is 13.9 Å². The van der Waals surface area contributed by atoms with Crippen LogP contribution in [-0.2, 0) is 11.3 Å². The van der Waals surface area contributed by atoms with Crippen LogP contribution in [0.15, 0.2) is 65.5 Å². The van der Waals surface area contributed by atoms with Crippen LogP contribution in [0, 0.1) is 0 Å². The molecule has 0 fully saturated rings. The monoisotopic (exact) mass is 511 g/mol. The van der Waals surface area contributed by atoms with Crippen LogP contribution in [0.1, 0.15) is 17.2 Å². The summed E-state index contributed by atoms with van der Waals surface area (Å²) in [7, 11) is 0. The van der Waals surface area contributed by atoms with Gasteiger partial charge in [-0.15, -0.1) is 0 Å². The van der Waals surface area contributed by atoms with Gasteiger partial charge < -0.3 is 9.53 Å². The molecule has 4 aromatic rings. The fourth-order valence-corrected chi connectivity index (χ4v) is 4.38. The van der Waals surface area contributed by atoms with Crippen molar-refractivity contribution in [2.45, 2.75) is 19.2 Å². The van der Waals surface area contributed by atoms with E-state index in [0.717, 1.165) is 17.4 Å². The lowest BCUT2D eigenvalue weighted by Gasteiger charge is -2.10. The van der Waals surface area contributed by atoms with Crippen LogP contribution in [-0.4, -0.2) is 32.6 Å². The van der Waals surface area contributed by atoms with Crippen LogP contribution in [0.5, 0.6) is 5.75 Å². The van der Waals surface area contributed by atoms with Crippen molar-refractivity contribution in [2.75, 3.05) is 0 Å². The van der Waals surface area contributed by atoms with Crippen molar-refractivity contribution in [3.8, 4) is 34.1 Å². The summed E-state index contributed by atoms with van der Waals surface area (Å²) in [6.45, 7) is -2.46. The number of aromatic nitrogens is 4. The molecule has 0 aliphatic carbocycles. The highest BCUT2D eigenvalue weighted by molar-refractivity contribution is 9.10. The van der Waals surface area contributed by atoms with Gasteiger partial charge in [-0.05, 0) is 53.6 Å². The molecule has 166 valence electrons. The van der Waals surface area contributed by atoms with E-state index in [1.807, 2.05) is 18.2 Å². The molecule has 1 atom stereocenters. The van der Waals surface area contributed by atoms with E-state index in [9.17, 15) is 13.6 Å². The maximum absolute atomic E-state index is 12.8. The number of fused-ring (bicyclic) bond motifs is 1. The molecule has 1 aliphatic heterocycles. The van der Waals surface area contributed by atoms with Gasteiger partial charge in [0.1, 0.15) is 17.7 Å².